The van der Waals surface area contributed by atoms with E-state index in [4.69, 9.17) is 21.4 Å². The van der Waals surface area contributed by atoms with Crippen molar-refractivity contribution in [2.45, 2.75) is 44.6 Å². The van der Waals surface area contributed by atoms with Gasteiger partial charge in [0.05, 0.1) is 17.5 Å². The topological polar surface area (TPSA) is 87.7 Å². The Balaban J connectivity index is 1.50. The molecule has 1 aromatic carbocycles. The number of rotatable bonds is 6. The van der Waals surface area contributed by atoms with Gasteiger partial charge in [-0.3, -0.25) is 9.59 Å². The van der Waals surface area contributed by atoms with E-state index in [0.717, 1.165) is 25.9 Å². The third-order valence-electron chi connectivity index (χ3n) is 5.54. The van der Waals surface area contributed by atoms with Crippen LogP contribution in [0.3, 0.4) is 0 Å². The predicted molar refractivity (Wildman–Crippen MR) is 103 cm³/mol. The molecule has 0 radical (unpaired) electrons. The molecule has 3 rings (SSSR count). The number of aliphatic carboxylic acids is 1. The Labute approximate surface area is 164 Å². The molecule has 27 heavy (non-hydrogen) atoms. The van der Waals surface area contributed by atoms with Crippen molar-refractivity contribution in [3.8, 4) is 5.75 Å². The summed E-state index contributed by atoms with van der Waals surface area (Å²) in [5.41, 5.74) is 0.495. The number of halogens is 1. The van der Waals surface area contributed by atoms with Crippen LogP contribution in [0.2, 0.25) is 5.02 Å². The fraction of sp³-hybridized carbons (Fsp3) is 0.600. The van der Waals surface area contributed by atoms with Crippen LogP contribution >= 0.6 is 11.6 Å². The van der Waals surface area contributed by atoms with Gasteiger partial charge in [0.2, 0.25) is 0 Å². The van der Waals surface area contributed by atoms with E-state index in [0.29, 0.717) is 54.5 Å². The number of carbonyl (C=O) groups excluding carboxylic acids is 1. The highest BCUT2D eigenvalue weighted by atomic mass is 35.5. The Bertz CT molecular complexity index is 668. The van der Waals surface area contributed by atoms with Gasteiger partial charge in [0, 0.05) is 11.6 Å². The first-order valence-electron chi connectivity index (χ1n) is 9.69. The molecule has 7 heteroatoms. The Kier molecular flexibility index (Phi) is 6.96. The van der Waals surface area contributed by atoms with Crippen molar-refractivity contribution >= 4 is 23.5 Å². The minimum absolute atomic E-state index is 0.0164. The van der Waals surface area contributed by atoms with Gasteiger partial charge < -0.3 is 20.5 Å². The molecule has 1 heterocycles. The molecular formula is C20H27ClN2O4. The van der Waals surface area contributed by atoms with Crippen molar-refractivity contribution in [3.63, 3.8) is 0 Å². The predicted octanol–water partition coefficient (Wildman–Crippen LogP) is 3.09. The number of nitrogens with one attached hydrogen (secondary N) is 2. The lowest BCUT2D eigenvalue weighted by molar-refractivity contribution is -0.142. The number of benzene rings is 1. The highest BCUT2D eigenvalue weighted by Crippen LogP contribution is 2.28. The summed E-state index contributed by atoms with van der Waals surface area (Å²) >= 11 is 6.31. The van der Waals surface area contributed by atoms with E-state index in [1.54, 1.807) is 18.2 Å². The Morgan fingerprint density at radius 3 is 2.48 bits per heavy atom. The summed E-state index contributed by atoms with van der Waals surface area (Å²) in [6, 6.07) is 5.13. The van der Waals surface area contributed by atoms with Crippen LogP contribution in [0.4, 0.5) is 0 Å². The van der Waals surface area contributed by atoms with Gasteiger partial charge in [0.1, 0.15) is 5.75 Å². The second-order valence-electron chi connectivity index (χ2n) is 7.51. The summed E-state index contributed by atoms with van der Waals surface area (Å²) in [5.74, 6) is -0.0730. The number of hydrogen-bond donors (Lipinski definition) is 3. The molecule has 6 nitrogen and oxygen atoms in total. The molecule has 2 aliphatic rings. The third-order valence-corrected chi connectivity index (χ3v) is 5.83. The van der Waals surface area contributed by atoms with Crippen molar-refractivity contribution in [1.82, 2.24) is 10.6 Å². The summed E-state index contributed by atoms with van der Waals surface area (Å²) in [6.07, 6.45) is 4.78. The summed E-state index contributed by atoms with van der Waals surface area (Å²) in [7, 11) is 0. The average Bonchev–Trinajstić information content (AvgIpc) is 2.68. The molecule has 0 spiro atoms. The molecular weight excluding hydrogens is 368 g/mol. The van der Waals surface area contributed by atoms with Gasteiger partial charge in [0.25, 0.3) is 5.91 Å². The molecule has 2 fully saturated rings. The maximum Gasteiger partial charge on any atom is 0.306 e. The Hall–Kier alpha value is -1.79. The maximum absolute atomic E-state index is 12.5. The number of hydrogen-bond acceptors (Lipinski definition) is 4. The van der Waals surface area contributed by atoms with E-state index < -0.39 is 5.97 Å². The molecule has 1 saturated heterocycles. The lowest BCUT2D eigenvalue weighted by atomic mass is 9.86. The molecule has 3 N–H and O–H groups in total. The Morgan fingerprint density at radius 1 is 1.15 bits per heavy atom. The SMILES string of the molecule is O=C(N[C@H]1CC[C@H](C(=O)O)CC1)c1ccc(OCC2CCNCC2)c(Cl)c1. The second-order valence-corrected chi connectivity index (χ2v) is 7.92. The van der Waals surface area contributed by atoms with Crippen molar-refractivity contribution in [1.29, 1.82) is 0 Å². The molecule has 1 aliphatic heterocycles. The number of carbonyl (C=O) groups is 2. The first-order chi connectivity index (χ1) is 13.0. The van der Waals surface area contributed by atoms with Crippen molar-refractivity contribution in [3.05, 3.63) is 28.8 Å². The van der Waals surface area contributed by atoms with Crippen LogP contribution < -0.4 is 15.4 Å². The zero-order valence-corrected chi connectivity index (χ0v) is 16.1. The number of amides is 1. The summed E-state index contributed by atoms with van der Waals surface area (Å²) < 4.78 is 5.85. The van der Waals surface area contributed by atoms with Gasteiger partial charge in [-0.15, -0.1) is 0 Å². The van der Waals surface area contributed by atoms with E-state index in [1.165, 1.54) is 0 Å². The Morgan fingerprint density at radius 2 is 1.85 bits per heavy atom. The lowest BCUT2D eigenvalue weighted by Gasteiger charge is -2.27. The molecule has 0 aromatic heterocycles. The van der Waals surface area contributed by atoms with Crippen LogP contribution in [0.5, 0.6) is 5.75 Å². The number of carboxylic acids is 1. The second kappa shape index (κ2) is 9.42. The molecule has 0 unspecified atom stereocenters. The van der Waals surface area contributed by atoms with Gasteiger partial charge in [-0.2, -0.15) is 0 Å². The monoisotopic (exact) mass is 394 g/mol. The van der Waals surface area contributed by atoms with E-state index in [2.05, 4.69) is 10.6 Å². The van der Waals surface area contributed by atoms with E-state index >= 15 is 0 Å². The van der Waals surface area contributed by atoms with E-state index in [-0.39, 0.29) is 17.9 Å². The van der Waals surface area contributed by atoms with Gasteiger partial charge in [-0.05, 0) is 75.7 Å². The van der Waals surface area contributed by atoms with Gasteiger partial charge in [-0.1, -0.05) is 11.6 Å². The third kappa shape index (κ3) is 5.59. The summed E-state index contributed by atoms with van der Waals surface area (Å²) in [5, 5.41) is 15.8. The van der Waals surface area contributed by atoms with Crippen molar-refractivity contribution < 1.29 is 19.4 Å². The molecule has 148 valence electrons. The van der Waals surface area contributed by atoms with E-state index in [1.807, 2.05) is 0 Å². The van der Waals surface area contributed by atoms with Crippen LogP contribution in [-0.2, 0) is 4.79 Å². The van der Waals surface area contributed by atoms with Crippen LogP contribution in [0.25, 0.3) is 0 Å². The highest BCUT2D eigenvalue weighted by Gasteiger charge is 2.27. The maximum atomic E-state index is 12.5. The lowest BCUT2D eigenvalue weighted by Crippen LogP contribution is -2.38. The molecule has 0 bridgehead atoms. The van der Waals surface area contributed by atoms with Crippen LogP contribution in [0, 0.1) is 11.8 Å². The molecule has 1 aliphatic carbocycles. The van der Waals surface area contributed by atoms with Gasteiger partial charge in [0.15, 0.2) is 0 Å². The molecule has 1 amide bonds. The number of ether oxygens (including phenoxy) is 1. The normalized spacial score (nSPS) is 23.6. The zero-order valence-electron chi connectivity index (χ0n) is 15.4. The average molecular weight is 395 g/mol. The fourth-order valence-electron chi connectivity index (χ4n) is 3.77. The fourth-order valence-corrected chi connectivity index (χ4v) is 4.00. The number of carboxylic acid groups (broad SMARTS) is 1. The van der Waals surface area contributed by atoms with Gasteiger partial charge >= 0.3 is 5.97 Å². The molecule has 1 saturated carbocycles. The zero-order chi connectivity index (χ0) is 19.2. The first kappa shape index (κ1) is 20.0. The highest BCUT2D eigenvalue weighted by molar-refractivity contribution is 6.32. The molecule has 1 aromatic rings. The minimum Gasteiger partial charge on any atom is -0.492 e. The summed E-state index contributed by atoms with van der Waals surface area (Å²) in [4.78, 5) is 23.5. The first-order valence-corrected chi connectivity index (χ1v) is 10.1. The van der Waals surface area contributed by atoms with E-state index in [9.17, 15) is 9.59 Å². The van der Waals surface area contributed by atoms with Crippen LogP contribution in [0.1, 0.15) is 48.9 Å². The van der Waals surface area contributed by atoms with Crippen molar-refractivity contribution in [2.75, 3.05) is 19.7 Å². The largest absolute Gasteiger partial charge is 0.492 e. The standard InChI is InChI=1S/C20H27ClN2O4/c21-17-11-15(3-6-18(17)27-12-13-7-9-22-10-8-13)19(24)23-16-4-1-14(2-5-16)20(25)26/h3,6,11,13-14,16,22H,1-2,4-5,7-10,12H2,(H,23,24)(H,25,26)/t14-,16-. The van der Waals surface area contributed by atoms with Gasteiger partial charge in [-0.25, -0.2) is 0 Å². The van der Waals surface area contributed by atoms with Crippen molar-refractivity contribution in [2.24, 2.45) is 11.8 Å². The summed E-state index contributed by atoms with van der Waals surface area (Å²) in [6.45, 7) is 2.68. The minimum atomic E-state index is -0.744. The van der Waals surface area contributed by atoms with Crippen LogP contribution in [0.15, 0.2) is 18.2 Å². The number of piperidine rings is 1. The smallest absolute Gasteiger partial charge is 0.306 e. The quantitative estimate of drug-likeness (QED) is 0.690. The molecule has 0 atom stereocenters. The van der Waals surface area contributed by atoms with Crippen LogP contribution in [-0.4, -0.2) is 42.7 Å².